The van der Waals surface area contributed by atoms with Crippen molar-refractivity contribution in [2.75, 3.05) is 6.54 Å². The fourth-order valence-electron chi connectivity index (χ4n) is 2.26. The predicted molar refractivity (Wildman–Crippen MR) is 89.4 cm³/mol. The molecule has 0 saturated heterocycles. The van der Waals surface area contributed by atoms with Gasteiger partial charge in [0.25, 0.3) is 11.8 Å². The number of ether oxygens (including phenoxy) is 2. The molecule has 0 aromatic heterocycles. The molecule has 0 aliphatic heterocycles. The lowest BCUT2D eigenvalue weighted by Gasteiger charge is -2.27. The first-order valence-electron chi connectivity index (χ1n) is 8.42. The van der Waals surface area contributed by atoms with E-state index in [1.807, 2.05) is 0 Å². The maximum absolute atomic E-state index is 11.7. The Hall–Kier alpha value is -1.79. The summed E-state index contributed by atoms with van der Waals surface area (Å²) in [4.78, 5) is 32.2. The van der Waals surface area contributed by atoms with E-state index in [-0.39, 0.29) is 11.9 Å². The summed E-state index contributed by atoms with van der Waals surface area (Å²) >= 11 is 0. The number of carboxylic acid groups (broad SMARTS) is 1. The second-order valence-corrected chi connectivity index (χ2v) is 6.77. The summed E-state index contributed by atoms with van der Waals surface area (Å²) in [6, 6.07) is 0. The molecule has 1 aliphatic carbocycles. The van der Waals surface area contributed by atoms with Gasteiger partial charge < -0.3 is 19.9 Å². The fourth-order valence-corrected chi connectivity index (χ4v) is 2.26. The molecular weight excluding hydrogens is 314 g/mol. The van der Waals surface area contributed by atoms with Crippen LogP contribution in [0.25, 0.3) is 0 Å². The van der Waals surface area contributed by atoms with Crippen LogP contribution >= 0.6 is 0 Å². The van der Waals surface area contributed by atoms with Crippen LogP contribution in [0.4, 0.5) is 4.79 Å². The maximum Gasteiger partial charge on any atom is 0.410 e. The van der Waals surface area contributed by atoms with E-state index in [0.29, 0.717) is 12.5 Å². The molecule has 0 atom stereocenters. The van der Waals surface area contributed by atoms with Crippen molar-refractivity contribution in [1.82, 2.24) is 5.32 Å². The summed E-state index contributed by atoms with van der Waals surface area (Å²) in [6.45, 7) is 8.32. The average Bonchev–Trinajstić information content (AvgIpc) is 2.44. The minimum Gasteiger partial charge on any atom is -0.481 e. The quantitative estimate of drug-likeness (QED) is 0.585. The number of carboxylic acids is 1. The molecule has 1 fully saturated rings. The molecule has 140 valence electrons. The molecule has 7 nitrogen and oxygen atoms in total. The maximum atomic E-state index is 11.7. The first-order chi connectivity index (χ1) is 11.0. The van der Waals surface area contributed by atoms with Gasteiger partial charge in [-0.15, -0.1) is 0 Å². The van der Waals surface area contributed by atoms with Gasteiger partial charge in [0.1, 0.15) is 0 Å². The van der Waals surface area contributed by atoms with Crippen molar-refractivity contribution < 1.29 is 29.0 Å². The lowest BCUT2D eigenvalue weighted by atomic mass is 9.89. The van der Waals surface area contributed by atoms with E-state index < -0.39 is 17.8 Å². The van der Waals surface area contributed by atoms with E-state index in [1.54, 1.807) is 27.7 Å². The highest BCUT2D eigenvalue weighted by molar-refractivity contribution is 5.72. The van der Waals surface area contributed by atoms with Crippen LogP contribution in [0.2, 0.25) is 0 Å². The van der Waals surface area contributed by atoms with Gasteiger partial charge >= 0.3 is 12.1 Å². The summed E-state index contributed by atoms with van der Waals surface area (Å²) in [7, 11) is 0. The molecular formula is C17H31NO6. The fraction of sp³-hybridized carbons (Fsp3) is 0.824. The standard InChI is InChI=1S/C15H27NO4.C2H4O2/c1-11(2)13(17)19-15(3,4)20-14(18)16-10-12-8-6-5-7-9-12;1-2(3)4/h11-12H,5-10H2,1-4H3,(H,16,18);1H3,(H,3,4). The van der Waals surface area contributed by atoms with Crippen molar-refractivity contribution in [3.63, 3.8) is 0 Å². The summed E-state index contributed by atoms with van der Waals surface area (Å²) in [5.74, 6) is -2.16. The van der Waals surface area contributed by atoms with Crippen LogP contribution < -0.4 is 5.32 Å². The minimum absolute atomic E-state index is 0.247. The largest absolute Gasteiger partial charge is 0.481 e. The van der Waals surface area contributed by atoms with Crippen LogP contribution in [0, 0.1) is 11.8 Å². The van der Waals surface area contributed by atoms with Crippen molar-refractivity contribution in [3.05, 3.63) is 0 Å². The zero-order valence-corrected chi connectivity index (χ0v) is 15.4. The average molecular weight is 345 g/mol. The Morgan fingerprint density at radius 2 is 1.62 bits per heavy atom. The van der Waals surface area contributed by atoms with Gasteiger partial charge in [-0.05, 0) is 18.8 Å². The Labute approximate surface area is 144 Å². The van der Waals surface area contributed by atoms with E-state index >= 15 is 0 Å². The topological polar surface area (TPSA) is 102 Å². The Morgan fingerprint density at radius 3 is 2.08 bits per heavy atom. The number of carbonyl (C=O) groups excluding carboxylic acids is 2. The Kier molecular flexibility index (Phi) is 10.1. The number of hydrogen-bond donors (Lipinski definition) is 2. The third kappa shape index (κ3) is 11.7. The molecule has 0 spiro atoms. The number of rotatable bonds is 5. The molecule has 0 heterocycles. The third-order valence-corrected chi connectivity index (χ3v) is 3.42. The SMILES string of the molecule is CC(=O)O.CC(C)C(=O)OC(C)(C)OC(=O)NCC1CCCCC1. The number of alkyl carbamates (subject to hydrolysis) is 1. The van der Waals surface area contributed by atoms with Gasteiger partial charge in [0.15, 0.2) is 0 Å². The zero-order chi connectivity index (χ0) is 18.8. The van der Waals surface area contributed by atoms with Gasteiger partial charge in [0, 0.05) is 27.3 Å². The molecule has 0 aromatic rings. The van der Waals surface area contributed by atoms with Crippen LogP contribution in [-0.4, -0.2) is 35.5 Å². The highest BCUT2D eigenvalue weighted by atomic mass is 16.7. The molecule has 2 N–H and O–H groups in total. The first-order valence-corrected chi connectivity index (χ1v) is 8.42. The highest BCUT2D eigenvalue weighted by Crippen LogP contribution is 2.23. The van der Waals surface area contributed by atoms with Crippen molar-refractivity contribution in [2.45, 2.75) is 72.5 Å². The number of carbonyl (C=O) groups is 3. The van der Waals surface area contributed by atoms with Crippen LogP contribution in [0.15, 0.2) is 0 Å². The third-order valence-electron chi connectivity index (χ3n) is 3.42. The van der Waals surface area contributed by atoms with Crippen LogP contribution in [0.5, 0.6) is 0 Å². The second-order valence-electron chi connectivity index (χ2n) is 6.77. The van der Waals surface area contributed by atoms with Crippen molar-refractivity contribution in [2.24, 2.45) is 11.8 Å². The summed E-state index contributed by atoms with van der Waals surface area (Å²) in [5.41, 5.74) is 0. The van der Waals surface area contributed by atoms with Crippen LogP contribution in [0.1, 0.15) is 66.7 Å². The molecule has 0 radical (unpaired) electrons. The lowest BCUT2D eigenvalue weighted by molar-refractivity contribution is -0.198. The van der Waals surface area contributed by atoms with Crippen molar-refractivity contribution in [3.8, 4) is 0 Å². The molecule has 1 aliphatic rings. The van der Waals surface area contributed by atoms with Gasteiger partial charge in [0.2, 0.25) is 0 Å². The molecule has 1 amide bonds. The molecule has 1 rings (SSSR count). The van der Waals surface area contributed by atoms with Gasteiger partial charge in [-0.2, -0.15) is 0 Å². The molecule has 1 saturated carbocycles. The normalized spacial score (nSPS) is 15.1. The summed E-state index contributed by atoms with van der Waals surface area (Å²) in [6.07, 6.45) is 5.55. The van der Waals surface area contributed by atoms with Gasteiger partial charge in [-0.25, -0.2) is 4.79 Å². The van der Waals surface area contributed by atoms with Crippen molar-refractivity contribution in [1.29, 1.82) is 0 Å². The highest BCUT2D eigenvalue weighted by Gasteiger charge is 2.28. The molecule has 0 aromatic carbocycles. The Bertz CT molecular complexity index is 409. The number of aliphatic carboxylic acids is 1. The van der Waals surface area contributed by atoms with E-state index in [9.17, 15) is 9.59 Å². The van der Waals surface area contributed by atoms with Gasteiger partial charge in [-0.1, -0.05) is 33.1 Å². The van der Waals surface area contributed by atoms with E-state index in [4.69, 9.17) is 19.4 Å². The summed E-state index contributed by atoms with van der Waals surface area (Å²) < 4.78 is 10.3. The predicted octanol–water partition coefficient (Wildman–Crippen LogP) is 3.32. The minimum atomic E-state index is -1.24. The van der Waals surface area contributed by atoms with E-state index in [2.05, 4.69) is 5.32 Å². The monoisotopic (exact) mass is 345 g/mol. The molecule has 24 heavy (non-hydrogen) atoms. The number of nitrogens with one attached hydrogen (secondary N) is 1. The molecule has 0 unspecified atom stereocenters. The Morgan fingerprint density at radius 1 is 1.12 bits per heavy atom. The molecule has 0 bridgehead atoms. The second kappa shape index (κ2) is 10.9. The number of amides is 1. The first kappa shape index (κ1) is 22.2. The summed E-state index contributed by atoms with van der Waals surface area (Å²) in [5, 5.41) is 10.2. The van der Waals surface area contributed by atoms with E-state index in [1.165, 1.54) is 19.3 Å². The lowest BCUT2D eigenvalue weighted by Crippen LogP contribution is -2.40. The number of hydrogen-bond acceptors (Lipinski definition) is 5. The Balaban J connectivity index is 0.00000118. The van der Waals surface area contributed by atoms with Crippen LogP contribution in [0.3, 0.4) is 0 Å². The molecule has 7 heteroatoms. The van der Waals surface area contributed by atoms with Crippen molar-refractivity contribution >= 4 is 18.0 Å². The van der Waals surface area contributed by atoms with Crippen LogP contribution in [-0.2, 0) is 19.1 Å². The number of esters is 1. The zero-order valence-electron chi connectivity index (χ0n) is 15.4. The van der Waals surface area contributed by atoms with E-state index in [0.717, 1.165) is 19.8 Å². The van der Waals surface area contributed by atoms with Gasteiger partial charge in [-0.3, -0.25) is 9.59 Å². The smallest absolute Gasteiger partial charge is 0.410 e. The van der Waals surface area contributed by atoms with Gasteiger partial charge in [0.05, 0.1) is 5.92 Å².